The molecule has 10 nitrogen and oxygen atoms in total. The number of hydrogen-bond donors (Lipinski definition) is 3. The molecule has 0 unspecified atom stereocenters. The minimum Gasteiger partial charge on any atom is -0.492 e. The van der Waals surface area contributed by atoms with Crippen molar-refractivity contribution in [1.82, 2.24) is 24.6 Å². The lowest BCUT2D eigenvalue weighted by atomic mass is 10.1. The number of hydrogen-bond acceptors (Lipinski definition) is 8. The van der Waals surface area contributed by atoms with Gasteiger partial charge >= 0.3 is 0 Å². The van der Waals surface area contributed by atoms with Gasteiger partial charge in [-0.1, -0.05) is 6.07 Å². The highest BCUT2D eigenvalue weighted by Crippen LogP contribution is 2.20. The molecule has 0 saturated carbocycles. The Morgan fingerprint density at radius 3 is 2.79 bits per heavy atom. The third kappa shape index (κ3) is 4.81. The Labute approximate surface area is 190 Å². The van der Waals surface area contributed by atoms with Gasteiger partial charge in [-0.25, -0.2) is 0 Å². The largest absolute Gasteiger partial charge is 0.492 e. The van der Waals surface area contributed by atoms with E-state index in [-0.39, 0.29) is 17.8 Å². The third-order valence-corrected chi connectivity index (χ3v) is 5.52. The molecule has 3 heterocycles. The van der Waals surface area contributed by atoms with E-state index < -0.39 is 0 Å². The predicted octanol–water partition coefficient (Wildman–Crippen LogP) is 2.48. The first-order chi connectivity index (χ1) is 16.2. The number of carbonyl (C=O) groups excluding carboxylic acids is 1. The zero-order valence-corrected chi connectivity index (χ0v) is 18.0. The van der Waals surface area contributed by atoms with Crippen molar-refractivity contribution in [2.24, 2.45) is 0 Å². The van der Waals surface area contributed by atoms with E-state index in [2.05, 4.69) is 25.3 Å². The van der Waals surface area contributed by atoms with Crippen LogP contribution in [0.25, 0.3) is 10.9 Å². The fourth-order valence-electron chi connectivity index (χ4n) is 3.71. The van der Waals surface area contributed by atoms with E-state index in [1.165, 1.54) is 0 Å². The Hall–Kier alpha value is -3.89. The molecule has 1 fully saturated rings. The van der Waals surface area contributed by atoms with Gasteiger partial charge in [0.25, 0.3) is 5.91 Å². The summed E-state index contributed by atoms with van der Waals surface area (Å²) in [6.07, 6.45) is 1.82. The quantitative estimate of drug-likeness (QED) is 0.395. The first kappa shape index (κ1) is 21.0. The van der Waals surface area contributed by atoms with Gasteiger partial charge in [-0.2, -0.15) is 9.67 Å². The third-order valence-electron chi connectivity index (χ3n) is 5.52. The van der Waals surface area contributed by atoms with Crippen LogP contribution in [0.1, 0.15) is 10.4 Å². The molecule has 0 bridgehead atoms. The number of nitrogens with zero attached hydrogens (tertiary/aromatic N) is 4. The van der Waals surface area contributed by atoms with Crippen molar-refractivity contribution in [2.75, 3.05) is 50.5 Å². The summed E-state index contributed by atoms with van der Waals surface area (Å²) in [5.74, 6) is 0.676. The van der Waals surface area contributed by atoms with E-state index in [1.807, 2.05) is 42.6 Å². The summed E-state index contributed by atoms with van der Waals surface area (Å²) in [6, 6.07) is 14.8. The molecule has 4 N–H and O–H groups in total. The molecule has 5 rings (SSSR count). The van der Waals surface area contributed by atoms with Crippen LogP contribution in [0, 0.1) is 0 Å². The van der Waals surface area contributed by atoms with Gasteiger partial charge in [-0.3, -0.25) is 9.69 Å². The van der Waals surface area contributed by atoms with Crippen LogP contribution in [-0.2, 0) is 4.74 Å². The van der Waals surface area contributed by atoms with Crippen molar-refractivity contribution in [1.29, 1.82) is 0 Å². The zero-order valence-electron chi connectivity index (χ0n) is 18.0. The number of rotatable bonds is 7. The molecule has 2 aromatic heterocycles. The lowest BCUT2D eigenvalue weighted by Crippen LogP contribution is -2.38. The molecular formula is C23H25N7O3. The molecule has 170 valence electrons. The highest BCUT2D eigenvalue weighted by Gasteiger charge is 2.17. The second-order valence-corrected chi connectivity index (χ2v) is 7.74. The first-order valence-electron chi connectivity index (χ1n) is 10.8. The number of H-pyrrole nitrogens is 1. The van der Waals surface area contributed by atoms with E-state index in [1.54, 1.807) is 12.1 Å². The van der Waals surface area contributed by atoms with Crippen LogP contribution in [0.3, 0.4) is 0 Å². The lowest BCUT2D eigenvalue weighted by molar-refractivity contribution is 0.0322. The second-order valence-electron chi connectivity index (χ2n) is 7.74. The molecule has 33 heavy (non-hydrogen) atoms. The molecule has 1 aliphatic heterocycles. The van der Waals surface area contributed by atoms with Crippen LogP contribution in [0.5, 0.6) is 5.75 Å². The number of aromatic amines is 1. The lowest BCUT2D eigenvalue weighted by Gasteiger charge is -2.26. The molecule has 0 amide bonds. The number of nitrogen functional groups attached to an aromatic ring is 1. The van der Waals surface area contributed by atoms with Gasteiger partial charge in [0.05, 0.1) is 13.2 Å². The number of benzene rings is 2. The molecule has 1 aliphatic rings. The maximum Gasteiger partial charge on any atom is 0.281 e. The van der Waals surface area contributed by atoms with Crippen LogP contribution in [0.4, 0.5) is 17.6 Å². The monoisotopic (exact) mass is 447 g/mol. The van der Waals surface area contributed by atoms with Crippen LogP contribution >= 0.6 is 0 Å². The fraction of sp³-hybridized carbons (Fsp3) is 0.261. The highest BCUT2D eigenvalue weighted by atomic mass is 16.5. The van der Waals surface area contributed by atoms with Crippen molar-refractivity contribution in [3.05, 3.63) is 60.3 Å². The van der Waals surface area contributed by atoms with Crippen LogP contribution < -0.4 is 15.8 Å². The Kier molecular flexibility index (Phi) is 5.92. The summed E-state index contributed by atoms with van der Waals surface area (Å²) < 4.78 is 12.3. The van der Waals surface area contributed by atoms with Gasteiger partial charge in [0.2, 0.25) is 11.9 Å². The van der Waals surface area contributed by atoms with E-state index in [4.69, 9.17) is 15.2 Å². The van der Waals surface area contributed by atoms with Crippen molar-refractivity contribution in [3.63, 3.8) is 0 Å². The zero-order chi connectivity index (χ0) is 22.6. The van der Waals surface area contributed by atoms with Crippen LogP contribution in [0.15, 0.2) is 54.7 Å². The molecule has 4 aromatic rings. The summed E-state index contributed by atoms with van der Waals surface area (Å²) >= 11 is 0. The number of fused-ring (bicyclic) bond motifs is 1. The molecular weight excluding hydrogens is 422 g/mol. The number of nitrogens with one attached hydrogen (secondary N) is 2. The Morgan fingerprint density at radius 1 is 1.15 bits per heavy atom. The molecule has 2 aromatic carbocycles. The fourth-order valence-corrected chi connectivity index (χ4v) is 3.71. The molecule has 0 aliphatic carbocycles. The predicted molar refractivity (Wildman–Crippen MR) is 125 cm³/mol. The molecule has 0 atom stereocenters. The van der Waals surface area contributed by atoms with Crippen molar-refractivity contribution < 1.29 is 14.3 Å². The number of anilines is 3. The number of aromatic nitrogens is 4. The van der Waals surface area contributed by atoms with E-state index in [0.717, 1.165) is 59.9 Å². The van der Waals surface area contributed by atoms with Gasteiger partial charge in [0.1, 0.15) is 12.4 Å². The minimum atomic E-state index is -0.353. The van der Waals surface area contributed by atoms with Gasteiger partial charge in [-0.05, 0) is 47.9 Å². The van der Waals surface area contributed by atoms with E-state index >= 15 is 0 Å². The summed E-state index contributed by atoms with van der Waals surface area (Å²) in [7, 11) is 0. The maximum absolute atomic E-state index is 12.9. The van der Waals surface area contributed by atoms with E-state index in [0.29, 0.717) is 12.2 Å². The second kappa shape index (κ2) is 9.31. The Morgan fingerprint density at radius 2 is 1.97 bits per heavy atom. The molecule has 0 radical (unpaired) electrons. The van der Waals surface area contributed by atoms with Crippen LogP contribution in [-0.4, -0.2) is 70.0 Å². The summed E-state index contributed by atoms with van der Waals surface area (Å²) in [6.45, 7) is 4.93. The smallest absolute Gasteiger partial charge is 0.281 e. The number of ether oxygens (including phenoxy) is 2. The Bertz CT molecular complexity index is 1240. The van der Waals surface area contributed by atoms with Crippen molar-refractivity contribution in [2.45, 2.75) is 0 Å². The average Bonchev–Trinajstić information content (AvgIpc) is 3.46. The number of nitrogens with two attached hydrogens (primary N) is 1. The molecule has 1 saturated heterocycles. The standard InChI is InChI=1S/C23H25N7O3/c24-22-27-23(28-30(22)21(31)17-2-1-16-7-8-25-20(16)15-17)26-18-3-5-19(6-4-18)33-14-11-29-9-12-32-13-10-29/h1-8,15,25H,9-14H2,(H3,24,26,27,28). The Balaban J connectivity index is 1.20. The van der Waals surface area contributed by atoms with Crippen molar-refractivity contribution in [3.8, 4) is 5.75 Å². The SMILES string of the molecule is Nc1nc(Nc2ccc(OCCN3CCOCC3)cc2)nn1C(=O)c1ccc2cc[nH]c2c1. The summed E-state index contributed by atoms with van der Waals surface area (Å²) in [5, 5.41) is 8.33. The van der Waals surface area contributed by atoms with Gasteiger partial charge in [0, 0.05) is 42.6 Å². The van der Waals surface area contributed by atoms with Gasteiger partial charge < -0.3 is 25.5 Å². The van der Waals surface area contributed by atoms with Gasteiger partial charge in [0.15, 0.2) is 0 Å². The van der Waals surface area contributed by atoms with E-state index in [9.17, 15) is 4.79 Å². The molecule has 0 spiro atoms. The molecule has 10 heteroatoms. The van der Waals surface area contributed by atoms with Crippen LogP contribution in [0.2, 0.25) is 0 Å². The minimum absolute atomic E-state index is 0.0112. The maximum atomic E-state index is 12.9. The summed E-state index contributed by atoms with van der Waals surface area (Å²) in [5.41, 5.74) is 8.04. The summed E-state index contributed by atoms with van der Waals surface area (Å²) in [4.78, 5) is 22.5. The average molecular weight is 447 g/mol. The topological polar surface area (TPSA) is 123 Å². The first-order valence-corrected chi connectivity index (χ1v) is 10.8. The number of morpholine rings is 1. The highest BCUT2D eigenvalue weighted by molar-refractivity contribution is 6.00. The van der Waals surface area contributed by atoms with Gasteiger partial charge in [-0.15, -0.1) is 5.10 Å². The normalized spacial score (nSPS) is 14.4. The number of carbonyl (C=O) groups is 1. The van der Waals surface area contributed by atoms with Crippen molar-refractivity contribution >= 4 is 34.4 Å².